The molecule has 98 valence electrons. The minimum absolute atomic E-state index is 0.129. The Balaban J connectivity index is 2.41. The van der Waals surface area contributed by atoms with Gasteiger partial charge < -0.3 is 15.2 Å². The first-order chi connectivity index (χ1) is 9.67. The second kappa shape index (κ2) is 5.59. The Hall–Kier alpha value is -3.25. The van der Waals surface area contributed by atoms with E-state index in [2.05, 4.69) is 4.98 Å². The Morgan fingerprint density at radius 3 is 2.60 bits per heavy atom. The number of nitrogens with zero attached hydrogens (tertiary/aromatic N) is 3. The van der Waals surface area contributed by atoms with Crippen molar-refractivity contribution >= 4 is 5.69 Å². The third-order valence-electron chi connectivity index (χ3n) is 2.49. The van der Waals surface area contributed by atoms with Gasteiger partial charge in [0.25, 0.3) is 0 Å². The van der Waals surface area contributed by atoms with Crippen LogP contribution in [-0.2, 0) is 0 Å². The summed E-state index contributed by atoms with van der Waals surface area (Å²) in [6.07, 6.45) is 1.40. The number of nitriles is 2. The van der Waals surface area contributed by atoms with E-state index in [4.69, 9.17) is 25.7 Å². The minimum Gasteiger partial charge on any atom is -0.493 e. The van der Waals surface area contributed by atoms with Gasteiger partial charge in [-0.3, -0.25) is 0 Å². The fourth-order valence-corrected chi connectivity index (χ4v) is 1.56. The zero-order valence-corrected chi connectivity index (χ0v) is 10.6. The van der Waals surface area contributed by atoms with Crippen LogP contribution in [0.5, 0.6) is 17.4 Å². The lowest BCUT2D eigenvalue weighted by Gasteiger charge is -2.10. The number of anilines is 1. The Morgan fingerprint density at radius 1 is 1.15 bits per heavy atom. The van der Waals surface area contributed by atoms with Crippen molar-refractivity contribution in [1.82, 2.24) is 4.98 Å². The highest BCUT2D eigenvalue weighted by molar-refractivity contribution is 5.52. The maximum atomic E-state index is 9.03. The van der Waals surface area contributed by atoms with Gasteiger partial charge in [0.05, 0.1) is 30.6 Å². The van der Waals surface area contributed by atoms with Crippen LogP contribution < -0.4 is 15.2 Å². The van der Waals surface area contributed by atoms with E-state index in [9.17, 15) is 0 Å². The quantitative estimate of drug-likeness (QED) is 0.913. The molecule has 0 unspecified atom stereocenters. The third kappa shape index (κ3) is 2.60. The van der Waals surface area contributed by atoms with E-state index < -0.39 is 0 Å². The van der Waals surface area contributed by atoms with Crippen LogP contribution in [0.15, 0.2) is 30.5 Å². The van der Waals surface area contributed by atoms with E-state index in [1.807, 2.05) is 12.1 Å². The molecule has 6 nitrogen and oxygen atoms in total. The molecule has 0 aliphatic carbocycles. The van der Waals surface area contributed by atoms with Crippen LogP contribution in [0.3, 0.4) is 0 Å². The molecule has 2 aromatic rings. The molecular formula is C14H10N4O2. The molecule has 6 heteroatoms. The molecule has 2 rings (SSSR count). The van der Waals surface area contributed by atoms with Gasteiger partial charge in [0, 0.05) is 6.07 Å². The van der Waals surface area contributed by atoms with Gasteiger partial charge in [0.1, 0.15) is 11.6 Å². The molecule has 0 atom stereocenters. The molecule has 1 aromatic carbocycles. The summed E-state index contributed by atoms with van der Waals surface area (Å²) in [5, 5.41) is 17.9. The number of hydrogen-bond donors (Lipinski definition) is 1. The minimum atomic E-state index is 0.129. The van der Waals surface area contributed by atoms with E-state index in [0.717, 1.165) is 0 Å². The van der Waals surface area contributed by atoms with Crippen molar-refractivity contribution in [2.45, 2.75) is 0 Å². The second-order valence-corrected chi connectivity index (χ2v) is 3.81. The van der Waals surface area contributed by atoms with Crippen LogP contribution in [0.25, 0.3) is 0 Å². The summed E-state index contributed by atoms with van der Waals surface area (Å²) in [4.78, 5) is 3.97. The molecule has 0 fully saturated rings. The van der Waals surface area contributed by atoms with Crippen molar-refractivity contribution in [2.75, 3.05) is 12.8 Å². The Labute approximate surface area is 115 Å². The number of hydrogen-bond acceptors (Lipinski definition) is 6. The Morgan fingerprint density at radius 2 is 1.95 bits per heavy atom. The highest BCUT2D eigenvalue weighted by Gasteiger charge is 2.11. The van der Waals surface area contributed by atoms with Crippen molar-refractivity contribution in [1.29, 1.82) is 10.5 Å². The molecule has 1 aromatic heterocycles. The van der Waals surface area contributed by atoms with Crippen LogP contribution in [0, 0.1) is 22.7 Å². The number of aromatic nitrogens is 1. The number of nitrogen functional groups attached to an aromatic ring is 1. The standard InChI is InChI=1S/C14H10N4O2/c1-19-13-4-9(6-15)2-3-12(13)20-14-10(7-16)5-11(17)8-18-14/h2-5,8H,17H2,1H3. The fourth-order valence-electron chi connectivity index (χ4n) is 1.56. The molecular weight excluding hydrogens is 256 g/mol. The van der Waals surface area contributed by atoms with E-state index >= 15 is 0 Å². The molecule has 2 N–H and O–H groups in total. The van der Waals surface area contributed by atoms with E-state index in [-0.39, 0.29) is 11.4 Å². The van der Waals surface area contributed by atoms with Gasteiger partial charge in [-0.15, -0.1) is 0 Å². The average Bonchev–Trinajstić information content (AvgIpc) is 2.49. The molecule has 0 saturated heterocycles. The van der Waals surface area contributed by atoms with Crippen molar-refractivity contribution in [2.24, 2.45) is 0 Å². The lowest BCUT2D eigenvalue weighted by molar-refractivity contribution is 0.373. The first-order valence-corrected chi connectivity index (χ1v) is 5.59. The van der Waals surface area contributed by atoms with Crippen LogP contribution in [0.4, 0.5) is 5.69 Å². The van der Waals surface area contributed by atoms with Gasteiger partial charge in [0.15, 0.2) is 11.5 Å². The van der Waals surface area contributed by atoms with Crippen LogP contribution in [0.1, 0.15) is 11.1 Å². The number of methoxy groups -OCH3 is 1. The number of nitrogens with two attached hydrogens (primary N) is 1. The van der Waals surface area contributed by atoms with Crippen LogP contribution in [0.2, 0.25) is 0 Å². The van der Waals surface area contributed by atoms with E-state index in [1.54, 1.807) is 18.2 Å². The van der Waals surface area contributed by atoms with Gasteiger partial charge in [-0.25, -0.2) is 4.98 Å². The van der Waals surface area contributed by atoms with Crippen LogP contribution >= 0.6 is 0 Å². The van der Waals surface area contributed by atoms with Crippen molar-refractivity contribution < 1.29 is 9.47 Å². The highest BCUT2D eigenvalue weighted by atomic mass is 16.5. The topological polar surface area (TPSA) is 105 Å². The van der Waals surface area contributed by atoms with E-state index in [1.165, 1.54) is 19.4 Å². The summed E-state index contributed by atoms with van der Waals surface area (Å²) in [7, 11) is 1.46. The van der Waals surface area contributed by atoms with Gasteiger partial charge in [-0.1, -0.05) is 0 Å². The summed E-state index contributed by atoms with van der Waals surface area (Å²) in [6, 6.07) is 10.1. The summed E-state index contributed by atoms with van der Waals surface area (Å²) < 4.78 is 10.7. The molecule has 0 aliphatic rings. The predicted molar refractivity (Wildman–Crippen MR) is 71.1 cm³/mol. The molecule has 0 spiro atoms. The van der Waals surface area contributed by atoms with Gasteiger partial charge >= 0.3 is 0 Å². The molecule has 0 saturated carbocycles. The van der Waals surface area contributed by atoms with Gasteiger partial charge in [0.2, 0.25) is 5.88 Å². The smallest absolute Gasteiger partial charge is 0.237 e. The van der Waals surface area contributed by atoms with Crippen molar-refractivity contribution in [3.05, 3.63) is 41.6 Å². The van der Waals surface area contributed by atoms with Crippen LogP contribution in [-0.4, -0.2) is 12.1 Å². The lowest BCUT2D eigenvalue weighted by atomic mass is 10.2. The highest BCUT2D eigenvalue weighted by Crippen LogP contribution is 2.32. The van der Waals surface area contributed by atoms with Crippen molar-refractivity contribution in [3.63, 3.8) is 0 Å². The summed E-state index contributed by atoms with van der Waals surface area (Å²) >= 11 is 0. The molecule has 0 aliphatic heterocycles. The SMILES string of the molecule is COc1cc(C#N)ccc1Oc1ncc(N)cc1C#N. The average molecular weight is 266 g/mol. The first-order valence-electron chi connectivity index (χ1n) is 5.59. The Kier molecular flexibility index (Phi) is 3.69. The maximum Gasteiger partial charge on any atom is 0.237 e. The maximum absolute atomic E-state index is 9.03. The number of pyridine rings is 1. The zero-order chi connectivity index (χ0) is 14.5. The molecule has 0 radical (unpaired) electrons. The number of ether oxygens (including phenoxy) is 2. The summed E-state index contributed by atoms with van der Waals surface area (Å²) in [6.45, 7) is 0. The number of benzene rings is 1. The van der Waals surface area contributed by atoms with Gasteiger partial charge in [-0.05, 0) is 18.2 Å². The summed E-state index contributed by atoms with van der Waals surface area (Å²) in [5.74, 6) is 0.872. The molecule has 0 bridgehead atoms. The summed E-state index contributed by atoms with van der Waals surface area (Å²) in [5.41, 5.74) is 6.60. The second-order valence-electron chi connectivity index (χ2n) is 3.81. The predicted octanol–water partition coefficient (Wildman–Crippen LogP) is 2.21. The number of rotatable bonds is 3. The fraction of sp³-hybridized carbons (Fsp3) is 0.0714. The van der Waals surface area contributed by atoms with E-state index in [0.29, 0.717) is 22.7 Å². The largest absolute Gasteiger partial charge is 0.493 e. The molecule has 0 amide bonds. The lowest BCUT2D eigenvalue weighted by Crippen LogP contribution is -1.97. The molecule has 1 heterocycles. The van der Waals surface area contributed by atoms with Crippen molar-refractivity contribution in [3.8, 4) is 29.5 Å². The Bertz CT molecular complexity index is 729. The normalized spacial score (nSPS) is 9.35. The third-order valence-corrected chi connectivity index (χ3v) is 2.49. The monoisotopic (exact) mass is 266 g/mol. The van der Waals surface area contributed by atoms with Gasteiger partial charge in [-0.2, -0.15) is 10.5 Å². The molecule has 20 heavy (non-hydrogen) atoms. The zero-order valence-electron chi connectivity index (χ0n) is 10.6. The first kappa shape index (κ1) is 13.2.